The number of aromatic nitrogens is 2. The average molecular weight is 286 g/mol. The van der Waals surface area contributed by atoms with Gasteiger partial charge in [-0.1, -0.05) is 6.07 Å². The Morgan fingerprint density at radius 2 is 1.81 bits per heavy atom. The van der Waals surface area contributed by atoms with Crippen molar-refractivity contribution < 1.29 is 14.3 Å². The molecule has 0 aliphatic carbocycles. The molecule has 0 bridgehead atoms. The molecule has 2 rings (SSSR count). The van der Waals surface area contributed by atoms with E-state index in [1.807, 2.05) is 19.9 Å². The molecule has 21 heavy (non-hydrogen) atoms. The lowest BCUT2D eigenvalue weighted by Gasteiger charge is -2.14. The second-order valence-corrected chi connectivity index (χ2v) is 4.89. The molecule has 5 heteroatoms. The fourth-order valence-electron chi connectivity index (χ4n) is 1.91. The molecule has 0 aliphatic rings. The van der Waals surface area contributed by atoms with Crippen LogP contribution in [-0.4, -0.2) is 29.0 Å². The molecule has 0 spiro atoms. The number of methoxy groups -OCH3 is 1. The number of ether oxygens (including phenoxy) is 2. The maximum absolute atomic E-state index is 11.8. The second-order valence-electron chi connectivity index (χ2n) is 4.89. The van der Waals surface area contributed by atoms with Gasteiger partial charge in [-0.2, -0.15) is 0 Å². The van der Waals surface area contributed by atoms with E-state index in [2.05, 4.69) is 9.97 Å². The van der Waals surface area contributed by atoms with Gasteiger partial charge in [-0.05, 0) is 38.5 Å². The standard InChI is InChI=1S/C16H18N2O3/c1-10(2)21-15-6-5-12(7-14(15)11(3)19)13-8-17-16(20-4)18-9-13/h5-10H,1-4H3. The molecule has 1 heterocycles. The van der Waals surface area contributed by atoms with E-state index in [0.29, 0.717) is 17.3 Å². The van der Waals surface area contributed by atoms with Crippen molar-refractivity contribution >= 4 is 5.78 Å². The summed E-state index contributed by atoms with van der Waals surface area (Å²) >= 11 is 0. The van der Waals surface area contributed by atoms with Crippen LogP contribution >= 0.6 is 0 Å². The molecule has 1 aromatic heterocycles. The van der Waals surface area contributed by atoms with Crippen LogP contribution in [0.2, 0.25) is 0 Å². The van der Waals surface area contributed by atoms with E-state index < -0.39 is 0 Å². The van der Waals surface area contributed by atoms with E-state index in [1.165, 1.54) is 14.0 Å². The van der Waals surface area contributed by atoms with Crippen LogP contribution in [0.3, 0.4) is 0 Å². The zero-order valence-corrected chi connectivity index (χ0v) is 12.6. The van der Waals surface area contributed by atoms with Gasteiger partial charge < -0.3 is 9.47 Å². The fraction of sp³-hybridized carbons (Fsp3) is 0.312. The van der Waals surface area contributed by atoms with Gasteiger partial charge in [0.2, 0.25) is 0 Å². The number of hydrogen-bond acceptors (Lipinski definition) is 5. The molecule has 0 saturated carbocycles. The van der Waals surface area contributed by atoms with Crippen molar-refractivity contribution in [2.24, 2.45) is 0 Å². The van der Waals surface area contributed by atoms with Gasteiger partial charge in [-0.15, -0.1) is 0 Å². The lowest BCUT2D eigenvalue weighted by atomic mass is 10.0. The highest BCUT2D eigenvalue weighted by Crippen LogP contribution is 2.27. The van der Waals surface area contributed by atoms with Crippen LogP contribution in [0, 0.1) is 0 Å². The van der Waals surface area contributed by atoms with Crippen LogP contribution in [0.1, 0.15) is 31.1 Å². The molecular weight excluding hydrogens is 268 g/mol. The van der Waals surface area contributed by atoms with E-state index >= 15 is 0 Å². The van der Waals surface area contributed by atoms with Crippen molar-refractivity contribution in [1.82, 2.24) is 9.97 Å². The predicted molar refractivity (Wildman–Crippen MR) is 79.8 cm³/mol. The number of carbonyl (C=O) groups is 1. The molecular formula is C16H18N2O3. The summed E-state index contributed by atoms with van der Waals surface area (Å²) in [5.41, 5.74) is 2.23. The maximum atomic E-state index is 11.8. The summed E-state index contributed by atoms with van der Waals surface area (Å²) in [6.45, 7) is 5.38. The molecule has 0 amide bonds. The van der Waals surface area contributed by atoms with Crippen LogP contribution in [0.25, 0.3) is 11.1 Å². The van der Waals surface area contributed by atoms with Crippen molar-refractivity contribution in [1.29, 1.82) is 0 Å². The van der Waals surface area contributed by atoms with Gasteiger partial charge in [0, 0.05) is 18.0 Å². The fourth-order valence-corrected chi connectivity index (χ4v) is 1.91. The van der Waals surface area contributed by atoms with Crippen molar-refractivity contribution in [3.05, 3.63) is 36.2 Å². The first kappa shape index (κ1) is 15.0. The second kappa shape index (κ2) is 6.35. The summed E-state index contributed by atoms with van der Waals surface area (Å²) in [7, 11) is 1.51. The zero-order valence-electron chi connectivity index (χ0n) is 12.6. The van der Waals surface area contributed by atoms with Crippen LogP contribution in [0.15, 0.2) is 30.6 Å². The number of rotatable bonds is 5. The molecule has 0 unspecified atom stereocenters. The largest absolute Gasteiger partial charge is 0.490 e. The van der Waals surface area contributed by atoms with Crippen molar-refractivity contribution in [2.75, 3.05) is 7.11 Å². The van der Waals surface area contributed by atoms with Crippen molar-refractivity contribution in [3.63, 3.8) is 0 Å². The van der Waals surface area contributed by atoms with Crippen LogP contribution in [-0.2, 0) is 0 Å². The lowest BCUT2D eigenvalue weighted by Crippen LogP contribution is -2.09. The number of Topliss-reactive ketones (excluding diaryl/α,β-unsaturated/α-hetero) is 1. The molecule has 110 valence electrons. The van der Waals surface area contributed by atoms with Gasteiger partial charge in [0.25, 0.3) is 0 Å². The number of benzene rings is 1. The van der Waals surface area contributed by atoms with E-state index in [-0.39, 0.29) is 11.9 Å². The predicted octanol–water partition coefficient (Wildman–Crippen LogP) is 3.14. The van der Waals surface area contributed by atoms with E-state index in [4.69, 9.17) is 9.47 Å². The Kier molecular flexibility index (Phi) is 4.52. The van der Waals surface area contributed by atoms with Crippen LogP contribution < -0.4 is 9.47 Å². The summed E-state index contributed by atoms with van der Waals surface area (Å²) in [5, 5.41) is 0. The molecule has 2 aromatic rings. The maximum Gasteiger partial charge on any atom is 0.316 e. The van der Waals surface area contributed by atoms with E-state index in [9.17, 15) is 4.79 Å². The highest BCUT2D eigenvalue weighted by Gasteiger charge is 2.12. The number of ketones is 1. The highest BCUT2D eigenvalue weighted by molar-refractivity contribution is 5.98. The van der Waals surface area contributed by atoms with Crippen molar-refractivity contribution in [2.45, 2.75) is 26.9 Å². The lowest BCUT2D eigenvalue weighted by molar-refractivity contribution is 0.101. The van der Waals surface area contributed by atoms with Gasteiger partial charge in [0.15, 0.2) is 5.78 Å². The van der Waals surface area contributed by atoms with Crippen LogP contribution in [0.5, 0.6) is 11.8 Å². The van der Waals surface area contributed by atoms with E-state index in [1.54, 1.807) is 24.5 Å². The summed E-state index contributed by atoms with van der Waals surface area (Å²) < 4.78 is 10.6. The third kappa shape index (κ3) is 3.56. The van der Waals surface area contributed by atoms with Gasteiger partial charge in [0.05, 0.1) is 18.8 Å². The summed E-state index contributed by atoms with van der Waals surface area (Å²) in [6.07, 6.45) is 3.33. The minimum atomic E-state index is -0.0399. The average Bonchev–Trinajstić information content (AvgIpc) is 2.47. The molecule has 1 aromatic carbocycles. The molecule has 0 atom stereocenters. The Labute approximate surface area is 124 Å². The molecule has 0 N–H and O–H groups in total. The summed E-state index contributed by atoms with van der Waals surface area (Å²) in [4.78, 5) is 19.9. The number of carbonyl (C=O) groups excluding carboxylic acids is 1. The highest BCUT2D eigenvalue weighted by atomic mass is 16.5. The Morgan fingerprint density at radius 1 is 1.14 bits per heavy atom. The van der Waals surface area contributed by atoms with E-state index in [0.717, 1.165) is 11.1 Å². The molecule has 0 aliphatic heterocycles. The first-order valence-corrected chi connectivity index (χ1v) is 6.69. The Balaban J connectivity index is 2.40. The molecule has 0 fully saturated rings. The Bertz CT molecular complexity index is 636. The van der Waals surface area contributed by atoms with Gasteiger partial charge in [0.1, 0.15) is 5.75 Å². The quantitative estimate of drug-likeness (QED) is 0.790. The summed E-state index contributed by atoms with van der Waals surface area (Å²) in [5.74, 6) is 0.553. The third-order valence-electron chi connectivity index (χ3n) is 2.87. The SMILES string of the molecule is COc1ncc(-c2ccc(OC(C)C)c(C(C)=O)c2)cn1. The molecule has 5 nitrogen and oxygen atoms in total. The first-order valence-electron chi connectivity index (χ1n) is 6.69. The minimum absolute atomic E-state index is 0.0123. The Hall–Kier alpha value is -2.43. The minimum Gasteiger partial charge on any atom is -0.490 e. The third-order valence-corrected chi connectivity index (χ3v) is 2.87. The van der Waals surface area contributed by atoms with Crippen molar-refractivity contribution in [3.8, 4) is 22.9 Å². The number of nitrogens with zero attached hydrogens (tertiary/aromatic N) is 2. The smallest absolute Gasteiger partial charge is 0.316 e. The molecule has 0 saturated heterocycles. The molecule has 0 radical (unpaired) electrons. The Morgan fingerprint density at radius 3 is 2.33 bits per heavy atom. The first-order chi connectivity index (χ1) is 10.0. The zero-order chi connectivity index (χ0) is 15.4. The van der Waals surface area contributed by atoms with Gasteiger partial charge in [-0.3, -0.25) is 4.79 Å². The monoisotopic (exact) mass is 286 g/mol. The summed E-state index contributed by atoms with van der Waals surface area (Å²) in [6, 6.07) is 5.79. The topological polar surface area (TPSA) is 61.3 Å². The van der Waals surface area contributed by atoms with Crippen LogP contribution in [0.4, 0.5) is 0 Å². The van der Waals surface area contributed by atoms with Gasteiger partial charge >= 0.3 is 6.01 Å². The normalized spacial score (nSPS) is 10.5. The number of hydrogen-bond donors (Lipinski definition) is 0. The van der Waals surface area contributed by atoms with Gasteiger partial charge in [-0.25, -0.2) is 9.97 Å².